The Hall–Kier alpha value is -4.90. The molecule has 0 unspecified atom stereocenters. The predicted octanol–water partition coefficient (Wildman–Crippen LogP) is 3.83. The molecular formula is C27H23N7O3S. The van der Waals surface area contributed by atoms with Gasteiger partial charge in [-0.05, 0) is 51.7 Å². The molecule has 0 fully saturated rings. The summed E-state index contributed by atoms with van der Waals surface area (Å²) in [7, 11) is 1.52. The number of pyridine rings is 1. The van der Waals surface area contributed by atoms with Crippen molar-refractivity contribution >= 4 is 28.8 Å². The van der Waals surface area contributed by atoms with E-state index < -0.39 is 11.9 Å². The molecule has 3 heterocycles. The van der Waals surface area contributed by atoms with E-state index in [1.165, 1.54) is 34.4 Å². The quantitative estimate of drug-likeness (QED) is 0.311. The van der Waals surface area contributed by atoms with Crippen LogP contribution in [0.15, 0.2) is 96.8 Å². The Kier molecular flexibility index (Phi) is 7.46. The topological polar surface area (TPSA) is 115 Å². The van der Waals surface area contributed by atoms with E-state index >= 15 is 0 Å². The van der Waals surface area contributed by atoms with Crippen LogP contribution in [-0.4, -0.2) is 44.1 Å². The molecule has 5 aromatic rings. The fourth-order valence-electron chi connectivity index (χ4n) is 3.98. The number of thiophene rings is 1. The summed E-state index contributed by atoms with van der Waals surface area (Å²) in [6.45, 7) is 0.314. The molecule has 10 nitrogen and oxygen atoms in total. The third-order valence-corrected chi connectivity index (χ3v) is 6.69. The first kappa shape index (κ1) is 24.8. The molecule has 0 saturated carbocycles. The SMILES string of the molecule is COc1cc(N(C(=O)c2ccccn2)[C@H](C(=O)NCc2ccccc2)c2cccs2)ccc1-n1cnnn1. The summed E-state index contributed by atoms with van der Waals surface area (Å²) >= 11 is 1.39. The number of rotatable bonds is 9. The number of carbonyl (C=O) groups is 2. The van der Waals surface area contributed by atoms with Crippen molar-refractivity contribution in [2.24, 2.45) is 0 Å². The Labute approximate surface area is 222 Å². The highest BCUT2D eigenvalue weighted by Crippen LogP contribution is 2.35. The Bertz CT molecular complexity index is 1490. The van der Waals surface area contributed by atoms with Crippen molar-refractivity contribution < 1.29 is 14.3 Å². The van der Waals surface area contributed by atoms with Gasteiger partial charge in [0.05, 0.1) is 7.11 Å². The minimum Gasteiger partial charge on any atom is -0.494 e. The lowest BCUT2D eigenvalue weighted by Gasteiger charge is -2.31. The molecule has 38 heavy (non-hydrogen) atoms. The lowest BCUT2D eigenvalue weighted by atomic mass is 10.1. The normalized spacial score (nSPS) is 11.5. The highest BCUT2D eigenvalue weighted by atomic mass is 32.1. The van der Waals surface area contributed by atoms with Crippen molar-refractivity contribution in [3.63, 3.8) is 0 Å². The largest absolute Gasteiger partial charge is 0.494 e. The van der Waals surface area contributed by atoms with E-state index in [1.807, 2.05) is 47.8 Å². The summed E-state index contributed by atoms with van der Waals surface area (Å²) in [6, 6.07) is 22.5. The standard InChI is InChI=1S/C27H23N7O3S/c1-37-23-16-20(12-13-22(23)33-18-30-31-32-33)34(27(36)21-10-5-6-14-28-21)25(24-11-7-15-38-24)26(35)29-17-19-8-3-2-4-9-19/h2-16,18,25H,17H2,1H3,(H,29,35)/t25-/m0/s1. The number of methoxy groups -OCH3 is 1. The van der Waals surface area contributed by atoms with Gasteiger partial charge < -0.3 is 10.1 Å². The molecule has 1 atom stereocenters. The number of tetrazole rings is 1. The Morgan fingerprint density at radius 2 is 1.89 bits per heavy atom. The van der Waals surface area contributed by atoms with Gasteiger partial charge in [0.25, 0.3) is 5.91 Å². The second-order valence-corrected chi connectivity index (χ2v) is 9.10. The second kappa shape index (κ2) is 11.4. The first-order valence-electron chi connectivity index (χ1n) is 11.7. The summed E-state index contributed by atoms with van der Waals surface area (Å²) in [5.41, 5.74) is 2.17. The van der Waals surface area contributed by atoms with E-state index in [9.17, 15) is 9.59 Å². The van der Waals surface area contributed by atoms with Gasteiger partial charge >= 0.3 is 0 Å². The highest BCUT2D eigenvalue weighted by molar-refractivity contribution is 7.10. The number of hydrogen-bond acceptors (Lipinski definition) is 8. The van der Waals surface area contributed by atoms with Gasteiger partial charge in [0.1, 0.15) is 23.5 Å². The van der Waals surface area contributed by atoms with Crippen LogP contribution in [0.4, 0.5) is 5.69 Å². The molecule has 0 aliphatic carbocycles. The first-order valence-corrected chi connectivity index (χ1v) is 12.5. The smallest absolute Gasteiger partial charge is 0.277 e. The molecule has 0 bridgehead atoms. The number of carbonyl (C=O) groups excluding carboxylic acids is 2. The third-order valence-electron chi connectivity index (χ3n) is 5.77. The summed E-state index contributed by atoms with van der Waals surface area (Å²) in [5.74, 6) is -0.344. The van der Waals surface area contributed by atoms with Crippen molar-refractivity contribution in [3.8, 4) is 11.4 Å². The van der Waals surface area contributed by atoms with Gasteiger partial charge in [0.2, 0.25) is 5.91 Å². The molecule has 0 saturated heterocycles. The van der Waals surface area contributed by atoms with E-state index in [0.29, 0.717) is 28.5 Å². The molecule has 0 aliphatic heterocycles. The predicted molar refractivity (Wildman–Crippen MR) is 142 cm³/mol. The molecule has 2 aromatic carbocycles. The van der Waals surface area contributed by atoms with Gasteiger partial charge in [-0.15, -0.1) is 16.4 Å². The zero-order valence-corrected chi connectivity index (χ0v) is 21.2. The van der Waals surface area contributed by atoms with Gasteiger partial charge in [-0.1, -0.05) is 42.5 Å². The van der Waals surface area contributed by atoms with E-state index in [-0.39, 0.29) is 11.6 Å². The maximum Gasteiger partial charge on any atom is 0.277 e. The Morgan fingerprint density at radius 1 is 1.05 bits per heavy atom. The van der Waals surface area contributed by atoms with Crippen molar-refractivity contribution in [2.45, 2.75) is 12.6 Å². The van der Waals surface area contributed by atoms with Crippen molar-refractivity contribution in [3.05, 3.63) is 113 Å². The molecule has 0 aliphatic rings. The van der Waals surface area contributed by atoms with Gasteiger partial charge in [0.15, 0.2) is 6.04 Å². The lowest BCUT2D eigenvalue weighted by molar-refractivity contribution is -0.122. The van der Waals surface area contributed by atoms with E-state index in [4.69, 9.17) is 4.74 Å². The van der Waals surface area contributed by atoms with Crippen LogP contribution in [0, 0.1) is 0 Å². The lowest BCUT2D eigenvalue weighted by Crippen LogP contribution is -2.43. The molecule has 11 heteroatoms. The monoisotopic (exact) mass is 525 g/mol. The van der Waals surface area contributed by atoms with Gasteiger partial charge in [-0.3, -0.25) is 19.5 Å². The van der Waals surface area contributed by atoms with Crippen LogP contribution in [0.5, 0.6) is 5.75 Å². The maximum atomic E-state index is 14.0. The molecule has 2 amide bonds. The summed E-state index contributed by atoms with van der Waals surface area (Å²) in [5, 5.41) is 16.2. The van der Waals surface area contributed by atoms with Gasteiger partial charge in [0, 0.05) is 29.4 Å². The molecule has 0 radical (unpaired) electrons. The average molecular weight is 526 g/mol. The zero-order valence-electron chi connectivity index (χ0n) is 20.3. The van der Waals surface area contributed by atoms with Crippen LogP contribution < -0.4 is 15.0 Å². The first-order chi connectivity index (χ1) is 18.7. The third kappa shape index (κ3) is 5.27. The van der Waals surface area contributed by atoms with Crippen molar-refractivity contribution in [2.75, 3.05) is 12.0 Å². The van der Waals surface area contributed by atoms with Crippen molar-refractivity contribution in [1.82, 2.24) is 30.5 Å². The fraction of sp³-hybridized carbons (Fsp3) is 0.111. The zero-order chi connectivity index (χ0) is 26.3. The van der Waals surface area contributed by atoms with Gasteiger partial charge in [-0.2, -0.15) is 4.68 Å². The number of anilines is 1. The van der Waals surface area contributed by atoms with Crippen LogP contribution in [0.2, 0.25) is 0 Å². The minimum atomic E-state index is -0.961. The molecular weight excluding hydrogens is 502 g/mol. The van der Waals surface area contributed by atoms with Crippen LogP contribution >= 0.6 is 11.3 Å². The number of benzene rings is 2. The van der Waals surface area contributed by atoms with Crippen molar-refractivity contribution in [1.29, 1.82) is 0 Å². The highest BCUT2D eigenvalue weighted by Gasteiger charge is 2.35. The number of nitrogens with zero attached hydrogens (tertiary/aromatic N) is 6. The maximum absolute atomic E-state index is 14.0. The van der Waals surface area contributed by atoms with Gasteiger partial charge in [-0.25, -0.2) is 0 Å². The van der Waals surface area contributed by atoms with Crippen LogP contribution in [0.25, 0.3) is 5.69 Å². The van der Waals surface area contributed by atoms with E-state index in [2.05, 4.69) is 25.8 Å². The minimum absolute atomic E-state index is 0.202. The van der Waals surface area contributed by atoms with Crippen LogP contribution in [0.1, 0.15) is 27.0 Å². The second-order valence-electron chi connectivity index (χ2n) is 8.12. The molecule has 1 N–H and O–H groups in total. The number of ether oxygens (including phenoxy) is 1. The molecule has 0 spiro atoms. The van der Waals surface area contributed by atoms with E-state index in [1.54, 1.807) is 42.6 Å². The Morgan fingerprint density at radius 3 is 2.58 bits per heavy atom. The summed E-state index contributed by atoms with van der Waals surface area (Å²) in [6.07, 6.45) is 2.99. The van der Waals surface area contributed by atoms with E-state index in [0.717, 1.165) is 5.56 Å². The fourth-order valence-corrected chi connectivity index (χ4v) is 4.79. The average Bonchev–Trinajstić information content (AvgIpc) is 3.70. The number of amides is 2. The van der Waals surface area contributed by atoms with Crippen LogP contribution in [0.3, 0.4) is 0 Å². The number of nitrogens with one attached hydrogen (secondary N) is 1. The molecule has 190 valence electrons. The summed E-state index contributed by atoms with van der Waals surface area (Å²) in [4.78, 5) is 34.2. The molecule has 3 aromatic heterocycles. The number of aromatic nitrogens is 5. The summed E-state index contributed by atoms with van der Waals surface area (Å²) < 4.78 is 7.07. The van der Waals surface area contributed by atoms with Crippen LogP contribution in [-0.2, 0) is 11.3 Å². The molecule has 5 rings (SSSR count). The Balaban J connectivity index is 1.59. The number of hydrogen-bond donors (Lipinski definition) is 1.